The third-order valence-corrected chi connectivity index (χ3v) is 8.50. The van der Waals surface area contributed by atoms with E-state index >= 15 is 0 Å². The Morgan fingerprint density at radius 3 is 1.98 bits per heavy atom. The van der Waals surface area contributed by atoms with Gasteiger partial charge in [-0.3, -0.25) is 14.4 Å². The highest BCUT2D eigenvalue weighted by Crippen LogP contribution is 2.54. The predicted octanol–water partition coefficient (Wildman–Crippen LogP) is 7.33. The first kappa shape index (κ1) is 28.4. The molecule has 1 aliphatic heterocycles. The number of anilines is 1. The van der Waals surface area contributed by atoms with E-state index in [4.69, 9.17) is 27.9 Å². The van der Waals surface area contributed by atoms with Crippen LogP contribution in [0.3, 0.4) is 0 Å². The van der Waals surface area contributed by atoms with Crippen LogP contribution < -0.4 is 10.1 Å². The van der Waals surface area contributed by atoms with Crippen molar-refractivity contribution in [2.75, 3.05) is 19.0 Å². The molecule has 5 rings (SSSR count). The Bertz CT molecular complexity index is 1420. The number of benzene rings is 2. The fourth-order valence-corrected chi connectivity index (χ4v) is 6.55. The van der Waals surface area contributed by atoms with Gasteiger partial charge in [0.2, 0.25) is 0 Å². The number of ketones is 2. The number of ether oxygens (including phenoxy) is 1. The van der Waals surface area contributed by atoms with Crippen molar-refractivity contribution in [1.82, 2.24) is 4.90 Å². The highest BCUT2D eigenvalue weighted by molar-refractivity contribution is 6.32. The van der Waals surface area contributed by atoms with Gasteiger partial charge in [0, 0.05) is 59.1 Å². The summed E-state index contributed by atoms with van der Waals surface area (Å²) in [6, 6.07) is 12.1. The summed E-state index contributed by atoms with van der Waals surface area (Å²) in [6.07, 6.45) is 2.36. The Morgan fingerprint density at radius 1 is 0.900 bits per heavy atom. The van der Waals surface area contributed by atoms with Crippen LogP contribution in [-0.4, -0.2) is 36.0 Å². The number of carbonyl (C=O) groups is 3. The second-order valence-corrected chi connectivity index (χ2v) is 13.5. The molecule has 0 saturated heterocycles. The average Bonchev–Trinajstić information content (AvgIpc) is 2.85. The molecule has 2 aliphatic carbocycles. The summed E-state index contributed by atoms with van der Waals surface area (Å²) < 4.78 is 5.73. The lowest BCUT2D eigenvalue weighted by Gasteiger charge is -2.47. The van der Waals surface area contributed by atoms with Gasteiger partial charge in [-0.25, -0.2) is 0 Å². The highest BCUT2D eigenvalue weighted by Gasteiger charge is 2.48. The zero-order valence-electron chi connectivity index (χ0n) is 23.5. The molecule has 0 atom stereocenters. The van der Waals surface area contributed by atoms with Crippen molar-refractivity contribution in [3.05, 3.63) is 80.6 Å². The molecule has 0 radical (unpaired) electrons. The van der Waals surface area contributed by atoms with E-state index in [-0.39, 0.29) is 34.9 Å². The molecular weight excluding hydrogens is 547 g/mol. The Balaban J connectivity index is 1.46. The topological polar surface area (TPSA) is 75.7 Å². The molecule has 1 heterocycles. The summed E-state index contributed by atoms with van der Waals surface area (Å²) in [4.78, 5) is 41.8. The number of halogens is 2. The van der Waals surface area contributed by atoms with Crippen molar-refractivity contribution < 1.29 is 19.1 Å². The number of hydrogen-bond acceptors (Lipinski definition) is 5. The van der Waals surface area contributed by atoms with E-state index in [0.29, 0.717) is 45.5 Å². The van der Waals surface area contributed by atoms with Gasteiger partial charge in [0.05, 0.1) is 5.02 Å². The minimum Gasteiger partial charge on any atom is -0.482 e. The zero-order chi connectivity index (χ0) is 29.0. The summed E-state index contributed by atoms with van der Waals surface area (Å²) in [7, 11) is 1.99. The smallest absolute Gasteiger partial charge is 0.262 e. The van der Waals surface area contributed by atoms with Crippen LogP contribution in [0.1, 0.15) is 64.9 Å². The third-order valence-electron chi connectivity index (χ3n) is 7.96. The summed E-state index contributed by atoms with van der Waals surface area (Å²) in [5.41, 5.74) is 4.43. The van der Waals surface area contributed by atoms with E-state index < -0.39 is 5.92 Å². The molecule has 6 nitrogen and oxygen atoms in total. The van der Waals surface area contributed by atoms with E-state index in [0.717, 1.165) is 29.8 Å². The quantitative estimate of drug-likeness (QED) is 0.400. The lowest BCUT2D eigenvalue weighted by atomic mass is 9.64. The van der Waals surface area contributed by atoms with E-state index in [1.54, 1.807) is 36.4 Å². The van der Waals surface area contributed by atoms with Crippen LogP contribution in [0.4, 0.5) is 5.69 Å². The maximum absolute atomic E-state index is 13.7. The number of nitrogens with one attached hydrogen (secondary N) is 1. The normalized spacial score (nSPS) is 20.3. The molecule has 0 aromatic heterocycles. The van der Waals surface area contributed by atoms with Crippen LogP contribution in [0.2, 0.25) is 10.0 Å². The number of carbonyl (C=O) groups excluding carboxylic acids is 3. The van der Waals surface area contributed by atoms with Crippen LogP contribution in [-0.2, 0) is 14.4 Å². The van der Waals surface area contributed by atoms with Crippen LogP contribution in [0.25, 0.3) is 0 Å². The molecule has 3 aliphatic rings. The van der Waals surface area contributed by atoms with Crippen molar-refractivity contribution in [2.45, 2.75) is 59.3 Å². The molecular formula is C32H34Cl2N2O4. The number of allylic oxidation sites excluding steroid dienone is 4. The largest absolute Gasteiger partial charge is 0.482 e. The Kier molecular flexibility index (Phi) is 7.38. The molecule has 2 aromatic carbocycles. The second-order valence-electron chi connectivity index (χ2n) is 12.6. The standard InChI is InChI=1S/C32H34Cl2N2O4/c1-31(2)13-22-29(24(37)15-31)28(30-23(36(22)5)14-32(3,4)16-25(30)38)18-6-11-26(21(34)12-18)40-17-27(39)35-20-9-7-19(33)8-10-20/h6-12,28H,13-17H2,1-5H3,(H,35,39). The Morgan fingerprint density at radius 2 is 1.45 bits per heavy atom. The molecule has 0 saturated carbocycles. The molecule has 2 aromatic rings. The van der Waals surface area contributed by atoms with Crippen molar-refractivity contribution >= 4 is 46.4 Å². The minimum absolute atomic E-state index is 0.0719. The summed E-state index contributed by atoms with van der Waals surface area (Å²) in [5.74, 6) is -0.327. The van der Waals surface area contributed by atoms with Gasteiger partial charge in [-0.05, 0) is 65.6 Å². The van der Waals surface area contributed by atoms with Crippen molar-refractivity contribution in [3.8, 4) is 5.75 Å². The minimum atomic E-state index is -0.479. The molecule has 8 heteroatoms. The molecule has 1 N–H and O–H groups in total. The van der Waals surface area contributed by atoms with E-state index in [9.17, 15) is 14.4 Å². The maximum atomic E-state index is 13.7. The molecule has 0 bridgehead atoms. The maximum Gasteiger partial charge on any atom is 0.262 e. The number of Topliss-reactive ketones (excluding diaryl/α,β-unsaturated/α-hetero) is 2. The molecule has 0 spiro atoms. The molecule has 40 heavy (non-hydrogen) atoms. The van der Waals surface area contributed by atoms with E-state index in [2.05, 4.69) is 37.9 Å². The second kappa shape index (κ2) is 10.4. The molecule has 0 unspecified atom stereocenters. The van der Waals surface area contributed by atoms with Crippen LogP contribution in [0.5, 0.6) is 5.75 Å². The summed E-state index contributed by atoms with van der Waals surface area (Å²) in [5, 5.41) is 3.64. The Labute approximate surface area is 245 Å². The first-order valence-corrected chi connectivity index (χ1v) is 14.2. The van der Waals surface area contributed by atoms with Crippen molar-refractivity contribution in [3.63, 3.8) is 0 Å². The summed E-state index contributed by atoms with van der Waals surface area (Å²) >= 11 is 12.6. The molecule has 1 amide bonds. The third kappa shape index (κ3) is 5.57. The fourth-order valence-electron chi connectivity index (χ4n) is 6.19. The number of hydrogen-bond donors (Lipinski definition) is 1. The highest BCUT2D eigenvalue weighted by atomic mass is 35.5. The van der Waals surface area contributed by atoms with E-state index in [1.807, 2.05) is 13.1 Å². The lowest BCUT2D eigenvalue weighted by molar-refractivity contribution is -0.120. The molecule has 210 valence electrons. The number of amides is 1. The van der Waals surface area contributed by atoms with Crippen molar-refractivity contribution in [2.24, 2.45) is 10.8 Å². The van der Waals surface area contributed by atoms with Crippen molar-refractivity contribution in [1.29, 1.82) is 0 Å². The SMILES string of the molecule is CN1C2=C(C(=O)CC(C)(C)C2)C(c2ccc(OCC(=O)Nc3ccc(Cl)cc3)c(Cl)c2)C2=C1CC(C)(C)CC2=O. The van der Waals surface area contributed by atoms with Gasteiger partial charge in [0.15, 0.2) is 18.2 Å². The number of rotatable bonds is 5. The monoisotopic (exact) mass is 580 g/mol. The predicted molar refractivity (Wildman–Crippen MR) is 158 cm³/mol. The molecule has 0 fully saturated rings. The van der Waals surface area contributed by atoms with Gasteiger partial charge >= 0.3 is 0 Å². The van der Waals surface area contributed by atoms with Gasteiger partial charge in [-0.15, -0.1) is 0 Å². The van der Waals surface area contributed by atoms with Gasteiger partial charge in [0.1, 0.15) is 5.75 Å². The van der Waals surface area contributed by atoms with Gasteiger partial charge in [-0.2, -0.15) is 0 Å². The van der Waals surface area contributed by atoms with Gasteiger partial charge < -0.3 is 15.0 Å². The van der Waals surface area contributed by atoms with Crippen LogP contribution in [0, 0.1) is 10.8 Å². The zero-order valence-corrected chi connectivity index (χ0v) is 25.0. The van der Waals surface area contributed by atoms with Crippen LogP contribution >= 0.6 is 23.2 Å². The average molecular weight is 582 g/mol. The van der Waals surface area contributed by atoms with Gasteiger partial charge in [-0.1, -0.05) is 57.0 Å². The van der Waals surface area contributed by atoms with E-state index in [1.165, 1.54) is 0 Å². The lowest BCUT2D eigenvalue weighted by Crippen LogP contribution is -2.43. The number of nitrogens with zero attached hydrogens (tertiary/aromatic N) is 1. The van der Waals surface area contributed by atoms with Crippen LogP contribution in [0.15, 0.2) is 65.0 Å². The van der Waals surface area contributed by atoms with Gasteiger partial charge in [0.25, 0.3) is 5.91 Å². The fraction of sp³-hybridized carbons (Fsp3) is 0.406. The summed E-state index contributed by atoms with van der Waals surface area (Å²) in [6.45, 7) is 8.22. The Hall–Kier alpha value is -3.09. The first-order valence-electron chi connectivity index (χ1n) is 13.5. The first-order chi connectivity index (χ1) is 18.7.